The third kappa shape index (κ3) is 2.81. The molecule has 1 aromatic carbocycles. The molecule has 0 saturated carbocycles. The maximum absolute atomic E-state index is 11.5. The van der Waals surface area contributed by atoms with Crippen LogP contribution in [0.5, 0.6) is 0 Å². The molecule has 0 amide bonds. The first kappa shape index (κ1) is 12.4. The largest absolute Gasteiger partial charge is 0.462 e. The molecule has 0 aliphatic heterocycles. The van der Waals surface area contributed by atoms with E-state index < -0.39 is 0 Å². The zero-order valence-corrected chi connectivity index (χ0v) is 10.8. The molecule has 0 spiro atoms. The van der Waals surface area contributed by atoms with E-state index in [1.54, 1.807) is 13.0 Å². The van der Waals surface area contributed by atoms with E-state index in [0.717, 1.165) is 11.4 Å². The summed E-state index contributed by atoms with van der Waals surface area (Å²) in [5, 5.41) is 5.03. The van der Waals surface area contributed by atoms with Crippen molar-refractivity contribution in [1.29, 1.82) is 0 Å². The van der Waals surface area contributed by atoms with Gasteiger partial charge >= 0.3 is 5.97 Å². The molecule has 1 aromatic heterocycles. The Morgan fingerprint density at radius 2 is 2.22 bits per heavy atom. The van der Waals surface area contributed by atoms with Crippen LogP contribution in [0.15, 0.2) is 35.7 Å². The van der Waals surface area contributed by atoms with Crippen molar-refractivity contribution in [1.82, 2.24) is 0 Å². The molecule has 0 aliphatic carbocycles. The summed E-state index contributed by atoms with van der Waals surface area (Å²) in [4.78, 5) is 12.1. The number of anilines is 3. The van der Waals surface area contributed by atoms with Crippen molar-refractivity contribution < 1.29 is 9.53 Å². The maximum atomic E-state index is 11.5. The smallest absolute Gasteiger partial charge is 0.348 e. The Morgan fingerprint density at radius 1 is 1.44 bits per heavy atom. The normalized spacial score (nSPS) is 10.1. The Hall–Kier alpha value is -2.01. The molecule has 0 atom stereocenters. The second-order valence-electron chi connectivity index (χ2n) is 3.63. The monoisotopic (exact) mass is 262 g/mol. The minimum absolute atomic E-state index is 0.295. The average molecular weight is 262 g/mol. The summed E-state index contributed by atoms with van der Waals surface area (Å²) in [6.07, 6.45) is 0. The molecule has 2 aromatic rings. The van der Waals surface area contributed by atoms with Crippen LogP contribution in [0, 0.1) is 0 Å². The van der Waals surface area contributed by atoms with Gasteiger partial charge in [0.25, 0.3) is 0 Å². The lowest BCUT2D eigenvalue weighted by Crippen LogP contribution is -2.01. The Labute approximate surface area is 109 Å². The molecule has 0 fully saturated rings. The molecule has 94 valence electrons. The number of nitrogens with one attached hydrogen (secondary N) is 1. The first-order valence-corrected chi connectivity index (χ1v) is 6.46. The zero-order chi connectivity index (χ0) is 13.0. The number of carbonyl (C=O) groups excluding carboxylic acids is 1. The van der Waals surface area contributed by atoms with E-state index in [4.69, 9.17) is 10.5 Å². The number of hydrogen-bond donors (Lipinski definition) is 2. The minimum atomic E-state index is -0.295. The van der Waals surface area contributed by atoms with Crippen LogP contribution in [0.1, 0.15) is 16.6 Å². The van der Waals surface area contributed by atoms with Crippen molar-refractivity contribution in [2.75, 3.05) is 17.7 Å². The number of nitrogen functional groups attached to an aromatic ring is 1. The van der Waals surface area contributed by atoms with E-state index in [-0.39, 0.29) is 5.97 Å². The van der Waals surface area contributed by atoms with E-state index in [1.165, 1.54) is 11.3 Å². The molecule has 0 aliphatic rings. The van der Waals surface area contributed by atoms with Crippen LogP contribution in [0.25, 0.3) is 0 Å². The van der Waals surface area contributed by atoms with Crippen LogP contribution in [-0.2, 0) is 4.74 Å². The van der Waals surface area contributed by atoms with E-state index in [1.807, 2.05) is 29.6 Å². The molecule has 0 saturated heterocycles. The van der Waals surface area contributed by atoms with Crippen molar-refractivity contribution >= 4 is 34.4 Å². The number of para-hydroxylation sites is 2. The fraction of sp³-hybridized carbons (Fsp3) is 0.154. The highest BCUT2D eigenvalue weighted by Gasteiger charge is 2.10. The summed E-state index contributed by atoms with van der Waals surface area (Å²) in [6, 6.07) is 9.24. The lowest BCUT2D eigenvalue weighted by molar-refractivity contribution is 0.0532. The van der Waals surface area contributed by atoms with Gasteiger partial charge in [-0.3, -0.25) is 0 Å². The van der Waals surface area contributed by atoms with Gasteiger partial charge in [0.15, 0.2) is 0 Å². The predicted octanol–water partition coefficient (Wildman–Crippen LogP) is 3.25. The summed E-state index contributed by atoms with van der Waals surface area (Å²) in [5.41, 5.74) is 8.16. The Bertz CT molecular complexity index is 551. The number of ether oxygens (including phenoxy) is 1. The highest BCUT2D eigenvalue weighted by molar-refractivity contribution is 7.12. The lowest BCUT2D eigenvalue weighted by Gasteiger charge is -2.06. The van der Waals surface area contributed by atoms with Crippen molar-refractivity contribution in [2.24, 2.45) is 0 Å². The summed E-state index contributed by atoms with van der Waals surface area (Å²) in [6.45, 7) is 2.17. The number of thiophene rings is 1. The summed E-state index contributed by atoms with van der Waals surface area (Å²) >= 11 is 1.34. The molecule has 0 bridgehead atoms. The molecule has 0 radical (unpaired) electrons. The standard InChI is InChI=1S/C13H14N2O2S/c1-2-17-13(16)12-7-9(8-18-12)15-11-6-4-3-5-10(11)14/h3-8,15H,2,14H2,1H3. The van der Waals surface area contributed by atoms with Crippen molar-refractivity contribution in [3.05, 3.63) is 40.6 Å². The molecular weight excluding hydrogens is 248 g/mol. The summed E-state index contributed by atoms with van der Waals surface area (Å²) < 4.78 is 4.93. The molecule has 18 heavy (non-hydrogen) atoms. The molecule has 3 N–H and O–H groups in total. The molecule has 0 unspecified atom stereocenters. The highest BCUT2D eigenvalue weighted by atomic mass is 32.1. The minimum Gasteiger partial charge on any atom is -0.462 e. The van der Waals surface area contributed by atoms with E-state index in [9.17, 15) is 4.79 Å². The lowest BCUT2D eigenvalue weighted by atomic mass is 10.2. The topological polar surface area (TPSA) is 64.3 Å². The van der Waals surface area contributed by atoms with E-state index in [2.05, 4.69) is 5.32 Å². The second kappa shape index (κ2) is 5.55. The van der Waals surface area contributed by atoms with Gasteiger partial charge in [-0.15, -0.1) is 11.3 Å². The van der Waals surface area contributed by atoms with Crippen LogP contribution in [-0.4, -0.2) is 12.6 Å². The van der Waals surface area contributed by atoms with Gasteiger partial charge in [-0.1, -0.05) is 12.1 Å². The molecular formula is C13H14N2O2S. The number of nitrogens with two attached hydrogens (primary N) is 1. The van der Waals surface area contributed by atoms with E-state index in [0.29, 0.717) is 17.2 Å². The van der Waals surface area contributed by atoms with Gasteiger partial charge < -0.3 is 15.8 Å². The molecule has 4 nitrogen and oxygen atoms in total. The van der Waals surface area contributed by atoms with Crippen molar-refractivity contribution in [3.63, 3.8) is 0 Å². The number of esters is 1. The fourth-order valence-corrected chi connectivity index (χ4v) is 2.21. The first-order chi connectivity index (χ1) is 8.70. The first-order valence-electron chi connectivity index (χ1n) is 5.58. The van der Waals surface area contributed by atoms with Gasteiger partial charge in [-0.2, -0.15) is 0 Å². The van der Waals surface area contributed by atoms with Crippen LogP contribution >= 0.6 is 11.3 Å². The van der Waals surface area contributed by atoms with Crippen LogP contribution in [0.2, 0.25) is 0 Å². The molecule has 2 rings (SSSR count). The summed E-state index contributed by atoms with van der Waals surface area (Å²) in [7, 11) is 0. The third-order valence-corrected chi connectivity index (χ3v) is 3.23. The SMILES string of the molecule is CCOC(=O)c1cc(Nc2ccccc2N)cs1. The van der Waals surface area contributed by atoms with E-state index >= 15 is 0 Å². The Balaban J connectivity index is 2.12. The number of benzene rings is 1. The predicted molar refractivity (Wildman–Crippen MR) is 74.4 cm³/mol. The zero-order valence-electron chi connectivity index (χ0n) is 9.97. The van der Waals surface area contributed by atoms with Gasteiger partial charge in [0.2, 0.25) is 0 Å². The van der Waals surface area contributed by atoms with Crippen molar-refractivity contribution in [2.45, 2.75) is 6.92 Å². The number of carbonyl (C=O) groups is 1. The van der Waals surface area contributed by atoms with Gasteiger partial charge in [-0.05, 0) is 25.1 Å². The highest BCUT2D eigenvalue weighted by Crippen LogP contribution is 2.26. The Kier molecular flexibility index (Phi) is 3.84. The van der Waals surface area contributed by atoms with Crippen LogP contribution in [0.4, 0.5) is 17.1 Å². The number of hydrogen-bond acceptors (Lipinski definition) is 5. The van der Waals surface area contributed by atoms with Crippen LogP contribution < -0.4 is 11.1 Å². The molecule has 1 heterocycles. The Morgan fingerprint density at radius 3 is 2.94 bits per heavy atom. The summed E-state index contributed by atoms with van der Waals surface area (Å²) in [5.74, 6) is -0.295. The average Bonchev–Trinajstić information content (AvgIpc) is 2.81. The fourth-order valence-electron chi connectivity index (χ4n) is 1.48. The second-order valence-corrected chi connectivity index (χ2v) is 4.54. The van der Waals surface area contributed by atoms with Gasteiger partial charge in [0.05, 0.1) is 23.7 Å². The molecule has 5 heteroatoms. The van der Waals surface area contributed by atoms with Gasteiger partial charge in [0.1, 0.15) is 4.88 Å². The maximum Gasteiger partial charge on any atom is 0.348 e. The van der Waals surface area contributed by atoms with Crippen LogP contribution in [0.3, 0.4) is 0 Å². The van der Waals surface area contributed by atoms with Crippen molar-refractivity contribution in [3.8, 4) is 0 Å². The third-order valence-electron chi connectivity index (χ3n) is 2.32. The van der Waals surface area contributed by atoms with Gasteiger partial charge in [0, 0.05) is 5.38 Å². The quantitative estimate of drug-likeness (QED) is 0.655. The van der Waals surface area contributed by atoms with Gasteiger partial charge in [-0.25, -0.2) is 4.79 Å². The number of rotatable bonds is 4.